The van der Waals surface area contributed by atoms with E-state index in [9.17, 15) is 19.8 Å². The summed E-state index contributed by atoms with van der Waals surface area (Å²) in [5.74, 6) is -0.133. The number of benzene rings is 3. The molecule has 12 heteroatoms. The van der Waals surface area contributed by atoms with Crippen LogP contribution in [0.5, 0.6) is 5.75 Å². The Labute approximate surface area is 311 Å². The minimum Gasteiger partial charge on any atom is -0.492 e. The van der Waals surface area contributed by atoms with Crippen LogP contribution in [0.25, 0.3) is 0 Å². The lowest BCUT2D eigenvalue weighted by Crippen LogP contribution is -2.51. The minimum absolute atomic E-state index is 0.0918. The normalized spacial score (nSPS) is 23.1. The topological polar surface area (TPSA) is 139 Å². The summed E-state index contributed by atoms with van der Waals surface area (Å²) in [7, 11) is 3.22. The summed E-state index contributed by atoms with van der Waals surface area (Å²) in [6.07, 6.45) is -2.04. The number of likely N-dealkylation sites (N-methyl/N-ethyl adjacent to an activating group) is 1. The number of nitrogens with zero attached hydrogens (tertiary/aromatic N) is 2. The highest BCUT2D eigenvalue weighted by molar-refractivity contribution is 5.86. The van der Waals surface area contributed by atoms with E-state index in [1.54, 1.807) is 14.2 Å². The Bertz CT molecular complexity index is 1600. The predicted octanol–water partition coefficient (Wildman–Crippen LogP) is 3.49. The smallest absolute Gasteiger partial charge is 0.408 e. The molecule has 2 saturated heterocycles. The molecule has 0 saturated carbocycles. The molecule has 6 rings (SSSR count). The van der Waals surface area contributed by atoms with Gasteiger partial charge in [-0.1, -0.05) is 66.7 Å². The van der Waals surface area contributed by atoms with Crippen molar-refractivity contribution >= 4 is 12.0 Å². The number of aliphatic hydroxyl groups excluding tert-OH is 2. The summed E-state index contributed by atoms with van der Waals surface area (Å²) in [5, 5.41) is 25.9. The fourth-order valence-electron chi connectivity index (χ4n) is 7.69. The van der Waals surface area contributed by atoms with Crippen molar-refractivity contribution in [3.63, 3.8) is 0 Å². The molecule has 12 nitrogen and oxygen atoms in total. The van der Waals surface area contributed by atoms with Crippen LogP contribution in [0.2, 0.25) is 0 Å². The van der Waals surface area contributed by atoms with Gasteiger partial charge in [0, 0.05) is 59.0 Å². The number of morpholine rings is 1. The van der Waals surface area contributed by atoms with E-state index in [4.69, 9.17) is 23.7 Å². The number of hydrogen-bond donors (Lipinski definition) is 3. The van der Waals surface area contributed by atoms with Gasteiger partial charge in [-0.3, -0.25) is 9.69 Å². The third-order valence-corrected chi connectivity index (χ3v) is 10.5. The van der Waals surface area contributed by atoms with E-state index in [-0.39, 0.29) is 19.1 Å². The van der Waals surface area contributed by atoms with Crippen molar-refractivity contribution in [3.05, 3.63) is 101 Å². The van der Waals surface area contributed by atoms with Crippen LogP contribution >= 0.6 is 0 Å². The number of fused-ring (bicyclic) bond motifs is 1. The number of rotatable bonds is 16. The summed E-state index contributed by atoms with van der Waals surface area (Å²) in [6, 6.07) is 23.5. The molecule has 0 spiro atoms. The van der Waals surface area contributed by atoms with E-state index in [1.165, 1.54) is 4.90 Å². The van der Waals surface area contributed by atoms with E-state index in [2.05, 4.69) is 10.2 Å². The number of hydrogen-bond acceptors (Lipinski definition) is 10. The highest BCUT2D eigenvalue weighted by atomic mass is 16.6. The second-order valence-corrected chi connectivity index (χ2v) is 14.2. The van der Waals surface area contributed by atoms with Crippen LogP contribution in [0.3, 0.4) is 0 Å². The first-order valence-electron chi connectivity index (χ1n) is 18.6. The van der Waals surface area contributed by atoms with E-state index in [1.807, 2.05) is 78.9 Å². The minimum atomic E-state index is -1.15. The van der Waals surface area contributed by atoms with Gasteiger partial charge in [-0.25, -0.2) is 4.79 Å². The van der Waals surface area contributed by atoms with Gasteiger partial charge in [0.15, 0.2) is 0 Å². The highest BCUT2D eigenvalue weighted by Crippen LogP contribution is 2.36. The van der Waals surface area contributed by atoms with E-state index in [0.717, 1.165) is 60.9 Å². The van der Waals surface area contributed by atoms with Crippen LogP contribution in [0.1, 0.15) is 47.1 Å². The SMILES string of the molecule is COC[C@H]1C[C@H](OC(=O)N[C@H](C[C@H](O)[C@@H](Cc2ccccc2)c2ccc(OCCN3CCOCC3)cc2)C(=O)N(C)[C@H]2c3ccccc3C[C@H]2O)CO1. The third-order valence-electron chi connectivity index (χ3n) is 10.5. The Morgan fingerprint density at radius 3 is 2.51 bits per heavy atom. The zero-order valence-corrected chi connectivity index (χ0v) is 30.7. The molecule has 7 atom stereocenters. The summed E-state index contributed by atoms with van der Waals surface area (Å²) >= 11 is 0. The number of methoxy groups -OCH3 is 1. The van der Waals surface area contributed by atoms with Crippen molar-refractivity contribution < 1.29 is 43.5 Å². The molecule has 53 heavy (non-hydrogen) atoms. The van der Waals surface area contributed by atoms with Gasteiger partial charge in [-0.05, 0) is 40.8 Å². The first-order valence-corrected chi connectivity index (χ1v) is 18.6. The largest absolute Gasteiger partial charge is 0.492 e. The summed E-state index contributed by atoms with van der Waals surface area (Å²) in [4.78, 5) is 31.5. The molecule has 3 aromatic carbocycles. The average molecular weight is 732 g/mol. The molecule has 3 aromatic rings. The fraction of sp³-hybridized carbons (Fsp3) is 0.512. The number of alkyl carbamates (subject to hydrolysis) is 1. The number of carbonyl (C=O) groups excluding carboxylic acids is 2. The van der Waals surface area contributed by atoms with Crippen molar-refractivity contribution in [2.45, 2.75) is 68.1 Å². The molecule has 0 unspecified atom stereocenters. The van der Waals surface area contributed by atoms with Gasteiger partial charge in [0.05, 0.1) is 50.8 Å². The molecule has 3 N–H and O–H groups in total. The molecule has 0 aromatic heterocycles. The average Bonchev–Trinajstić information content (AvgIpc) is 3.76. The monoisotopic (exact) mass is 731 g/mol. The fourth-order valence-corrected chi connectivity index (χ4v) is 7.69. The van der Waals surface area contributed by atoms with E-state index < -0.39 is 48.3 Å². The molecule has 0 bridgehead atoms. The van der Waals surface area contributed by atoms with Crippen molar-refractivity contribution in [2.75, 3.05) is 66.8 Å². The maximum Gasteiger partial charge on any atom is 0.408 e. The predicted molar refractivity (Wildman–Crippen MR) is 198 cm³/mol. The Hall–Kier alpha value is -4.04. The number of amides is 2. The van der Waals surface area contributed by atoms with Crippen molar-refractivity contribution in [1.29, 1.82) is 0 Å². The zero-order valence-electron chi connectivity index (χ0n) is 30.7. The lowest BCUT2D eigenvalue weighted by atomic mass is 9.84. The van der Waals surface area contributed by atoms with Gasteiger partial charge >= 0.3 is 6.09 Å². The molecule has 1 aliphatic carbocycles. The van der Waals surface area contributed by atoms with Crippen LogP contribution < -0.4 is 10.1 Å². The lowest BCUT2D eigenvalue weighted by Gasteiger charge is -2.33. The lowest BCUT2D eigenvalue weighted by molar-refractivity contribution is -0.137. The second kappa shape index (κ2) is 18.8. The van der Waals surface area contributed by atoms with Gasteiger partial charge < -0.3 is 44.1 Å². The van der Waals surface area contributed by atoms with Crippen molar-refractivity contribution in [1.82, 2.24) is 15.1 Å². The summed E-state index contributed by atoms with van der Waals surface area (Å²) in [5.41, 5.74) is 3.72. The maximum absolute atomic E-state index is 14.4. The van der Waals surface area contributed by atoms with E-state index >= 15 is 0 Å². The maximum atomic E-state index is 14.4. The van der Waals surface area contributed by atoms with Crippen molar-refractivity contribution in [3.8, 4) is 5.75 Å². The van der Waals surface area contributed by atoms with Gasteiger partial charge in [0.1, 0.15) is 24.5 Å². The molecule has 2 aliphatic heterocycles. The standard InChI is InChI=1S/C41H53N3O9/c1-43(39-34-11-7-6-10-30(34)23-38(39)46)40(47)36(42-41(48)53-33-24-32(26-49-2)52-27-33)25-37(45)35(22-28-8-4-3-5-9-28)29-12-14-31(15-13-29)51-21-18-44-16-19-50-20-17-44/h3-15,32-33,35-39,45-46H,16-27H2,1-2H3,(H,42,48)/t32-,33+,35+,36-,37+,38-,39+/m1/s1. The van der Waals surface area contributed by atoms with E-state index in [0.29, 0.717) is 32.5 Å². The molecular formula is C41H53N3O9. The van der Waals surface area contributed by atoms with Gasteiger partial charge in [-0.2, -0.15) is 0 Å². The Kier molecular flexibility index (Phi) is 13.7. The Morgan fingerprint density at radius 1 is 1.02 bits per heavy atom. The summed E-state index contributed by atoms with van der Waals surface area (Å²) in [6.45, 7) is 5.23. The molecular weight excluding hydrogens is 678 g/mol. The van der Waals surface area contributed by atoms with Crippen LogP contribution in [0.15, 0.2) is 78.9 Å². The van der Waals surface area contributed by atoms with Crippen molar-refractivity contribution in [2.24, 2.45) is 0 Å². The highest BCUT2D eigenvalue weighted by Gasteiger charge is 2.40. The number of carbonyl (C=O) groups is 2. The molecule has 286 valence electrons. The Balaban J connectivity index is 1.19. The second-order valence-electron chi connectivity index (χ2n) is 14.2. The first kappa shape index (κ1) is 38.7. The third kappa shape index (κ3) is 10.3. The molecule has 2 amide bonds. The number of ether oxygens (including phenoxy) is 5. The van der Waals surface area contributed by atoms with Gasteiger partial charge in [0.2, 0.25) is 5.91 Å². The van der Waals surface area contributed by atoms with Crippen LogP contribution in [-0.2, 0) is 36.6 Å². The zero-order chi connectivity index (χ0) is 37.2. The molecule has 2 fully saturated rings. The molecule has 3 aliphatic rings. The first-order chi connectivity index (χ1) is 25.8. The van der Waals surface area contributed by atoms with Crippen LogP contribution in [0.4, 0.5) is 4.79 Å². The number of nitrogens with one attached hydrogen (secondary N) is 1. The van der Waals surface area contributed by atoms with Gasteiger partial charge in [-0.15, -0.1) is 0 Å². The molecule has 2 heterocycles. The quantitative estimate of drug-likeness (QED) is 0.201. The molecule has 0 radical (unpaired) electrons. The number of aliphatic hydroxyl groups is 2. The van der Waals surface area contributed by atoms with Crippen LogP contribution in [0, 0.1) is 0 Å². The van der Waals surface area contributed by atoms with Gasteiger partial charge in [0.25, 0.3) is 0 Å². The summed E-state index contributed by atoms with van der Waals surface area (Å²) < 4.78 is 28.1. The van der Waals surface area contributed by atoms with Crippen LogP contribution in [-0.4, -0.2) is 129 Å². The Morgan fingerprint density at radius 2 is 1.75 bits per heavy atom.